The van der Waals surface area contributed by atoms with Gasteiger partial charge in [0.2, 0.25) is 0 Å². The van der Waals surface area contributed by atoms with Crippen LogP contribution in [0, 0.1) is 0 Å². The molecule has 0 rings (SSSR count). The van der Waals surface area contributed by atoms with Crippen LogP contribution in [0.1, 0.15) is 25.7 Å². The molecule has 0 radical (unpaired) electrons. The van der Waals surface area contributed by atoms with Crippen molar-refractivity contribution < 1.29 is 79.2 Å². The average Bonchev–Trinajstić information content (AvgIpc) is 2.51. The molecule has 170 valence electrons. The van der Waals surface area contributed by atoms with Gasteiger partial charge in [0, 0.05) is 0 Å². The zero-order chi connectivity index (χ0) is 24.2. The molecule has 0 aromatic rings. The Bertz CT molecular complexity index is 646. The van der Waals surface area contributed by atoms with E-state index in [0.717, 1.165) is 0 Å². The van der Waals surface area contributed by atoms with Crippen molar-refractivity contribution in [1.29, 1.82) is 0 Å². The smallest absolute Gasteiger partial charge is 0.336 e. The molecule has 0 aromatic carbocycles. The average molecular weight is 442 g/mol. The first-order chi connectivity index (χ1) is 13.5. The number of carboxylic acid groups (broad SMARTS) is 7. The van der Waals surface area contributed by atoms with Crippen LogP contribution in [0.3, 0.4) is 0 Å². The van der Waals surface area contributed by atoms with E-state index in [0.29, 0.717) is 0 Å². The Labute approximate surface area is 165 Å². The van der Waals surface area contributed by atoms with E-state index in [1.165, 1.54) is 0 Å². The molecular formula is C14H18O16. The number of hydrogen-bond acceptors (Lipinski definition) is 9. The number of aliphatic hydroxyl groups is 1. The molecule has 0 saturated heterocycles. The van der Waals surface area contributed by atoms with Gasteiger partial charge in [-0.2, -0.15) is 0 Å². The summed E-state index contributed by atoms with van der Waals surface area (Å²) < 4.78 is 4.43. The van der Waals surface area contributed by atoms with Crippen LogP contribution >= 0.6 is 0 Å². The van der Waals surface area contributed by atoms with Gasteiger partial charge in [0.05, 0.1) is 25.7 Å². The minimum atomic E-state index is -2.74. The van der Waals surface area contributed by atoms with Crippen molar-refractivity contribution >= 4 is 41.8 Å². The van der Waals surface area contributed by atoms with E-state index in [-0.39, 0.29) is 0 Å². The highest BCUT2D eigenvalue weighted by Gasteiger charge is 2.40. The first kappa shape index (κ1) is 28.4. The molecule has 0 bridgehead atoms. The van der Waals surface area contributed by atoms with Crippen LogP contribution in [0.4, 0.5) is 0 Å². The van der Waals surface area contributed by atoms with Crippen LogP contribution in [0.2, 0.25) is 0 Å². The highest BCUT2D eigenvalue weighted by molar-refractivity contribution is 5.88. The van der Waals surface area contributed by atoms with E-state index in [1.54, 1.807) is 0 Å². The fourth-order valence-electron chi connectivity index (χ4n) is 1.62. The monoisotopic (exact) mass is 442 g/mol. The van der Waals surface area contributed by atoms with Crippen LogP contribution < -0.4 is 0 Å². The van der Waals surface area contributed by atoms with Gasteiger partial charge in [-0.25, -0.2) is 14.4 Å². The minimum Gasteiger partial charge on any atom is -0.481 e. The Balaban J connectivity index is 0. The first-order valence-electron chi connectivity index (χ1n) is 7.45. The molecule has 0 aliphatic carbocycles. The van der Waals surface area contributed by atoms with Gasteiger partial charge in [0.15, 0.2) is 17.8 Å². The lowest BCUT2D eigenvalue weighted by molar-refractivity contribution is -0.172. The van der Waals surface area contributed by atoms with Crippen molar-refractivity contribution in [2.45, 2.75) is 43.5 Å². The fourth-order valence-corrected chi connectivity index (χ4v) is 1.62. The van der Waals surface area contributed by atoms with Gasteiger partial charge in [0.1, 0.15) is 0 Å². The largest absolute Gasteiger partial charge is 0.481 e. The third kappa shape index (κ3) is 12.6. The normalized spacial score (nSPS) is 12.4. The third-order valence-corrected chi connectivity index (χ3v) is 2.88. The number of hydrogen-bond donors (Lipinski definition) is 8. The molecular weight excluding hydrogens is 424 g/mol. The fraction of sp³-hybridized carbons (Fsp3) is 0.500. The quantitative estimate of drug-likeness (QED) is 0.147. The molecule has 0 aliphatic rings. The zero-order valence-electron chi connectivity index (χ0n) is 14.8. The van der Waals surface area contributed by atoms with Gasteiger partial charge in [0.25, 0.3) is 0 Å². The van der Waals surface area contributed by atoms with Crippen LogP contribution in [0.5, 0.6) is 0 Å². The second kappa shape index (κ2) is 12.6. The maximum absolute atomic E-state index is 10.6. The second-order valence-electron chi connectivity index (χ2n) is 5.46. The summed E-state index contributed by atoms with van der Waals surface area (Å²) in [5.41, 5.74) is -2.74. The van der Waals surface area contributed by atoms with Crippen LogP contribution in [0.15, 0.2) is 0 Å². The summed E-state index contributed by atoms with van der Waals surface area (Å²) in [6.45, 7) is 0. The summed E-state index contributed by atoms with van der Waals surface area (Å²) >= 11 is 0. The Hall–Kier alpha value is -3.79. The number of ether oxygens (including phenoxy) is 1. The van der Waals surface area contributed by atoms with Crippen molar-refractivity contribution in [2.75, 3.05) is 0 Å². The van der Waals surface area contributed by atoms with Crippen molar-refractivity contribution in [2.24, 2.45) is 0 Å². The Morgan fingerprint density at radius 3 is 1.07 bits per heavy atom. The minimum absolute atomic E-state index is 0.960. The topological polar surface area (TPSA) is 291 Å². The molecule has 0 aromatic heterocycles. The number of aliphatic carboxylic acids is 7. The first-order valence-corrected chi connectivity index (χ1v) is 7.45. The van der Waals surface area contributed by atoms with Gasteiger partial charge in [-0.3, -0.25) is 19.2 Å². The summed E-state index contributed by atoms with van der Waals surface area (Å²) in [5.74, 6) is -11.4. The molecule has 16 heteroatoms. The number of carbonyl (C=O) groups is 7. The molecule has 0 fully saturated rings. The van der Waals surface area contributed by atoms with Crippen molar-refractivity contribution in [3.8, 4) is 0 Å². The molecule has 0 heterocycles. The van der Waals surface area contributed by atoms with E-state index < -0.39 is 85.3 Å². The summed E-state index contributed by atoms with van der Waals surface area (Å²) in [6, 6.07) is 0. The third-order valence-electron chi connectivity index (χ3n) is 2.88. The predicted molar refractivity (Wildman–Crippen MR) is 85.5 cm³/mol. The Kier molecular flexibility index (Phi) is 12.0. The summed E-state index contributed by atoms with van der Waals surface area (Å²) in [4.78, 5) is 72.1. The second-order valence-corrected chi connectivity index (χ2v) is 5.46. The van der Waals surface area contributed by atoms with E-state index in [4.69, 9.17) is 40.9 Å². The lowest BCUT2D eigenvalue weighted by Crippen LogP contribution is -2.42. The van der Waals surface area contributed by atoms with Crippen molar-refractivity contribution in [3.05, 3.63) is 0 Å². The van der Waals surface area contributed by atoms with Crippen LogP contribution in [-0.2, 0) is 38.3 Å². The van der Waals surface area contributed by atoms with Crippen LogP contribution in [0.25, 0.3) is 0 Å². The van der Waals surface area contributed by atoms with Gasteiger partial charge < -0.3 is 45.6 Å². The Morgan fingerprint density at radius 1 is 0.600 bits per heavy atom. The highest BCUT2D eigenvalue weighted by atomic mass is 16.5. The lowest BCUT2D eigenvalue weighted by atomic mass is 9.96. The van der Waals surface area contributed by atoms with Gasteiger partial charge in [-0.15, -0.1) is 0 Å². The maximum atomic E-state index is 10.6. The van der Waals surface area contributed by atoms with Gasteiger partial charge in [-0.1, -0.05) is 0 Å². The molecule has 8 N–H and O–H groups in total. The molecule has 2 unspecified atom stereocenters. The molecule has 0 spiro atoms. The summed E-state index contributed by atoms with van der Waals surface area (Å²) in [6.07, 6.45) is -8.03. The molecule has 30 heavy (non-hydrogen) atoms. The summed E-state index contributed by atoms with van der Waals surface area (Å²) in [7, 11) is 0. The lowest BCUT2D eigenvalue weighted by Gasteiger charge is -2.18. The van der Waals surface area contributed by atoms with Crippen molar-refractivity contribution in [1.82, 2.24) is 0 Å². The standard InChI is InChI=1S/C8H10O9.C6H8O7/c9-5(10)1-3(7(13)14)17-4(8(15)16)2-6(11)12;7-3(8)1-6(13,5(11)12)2-4(9)10/h3-4H,1-2H2,(H,9,10)(H,11,12)(H,13,14)(H,15,16);13H,1-2H2,(H,7,8)(H,9,10)(H,11,12). The highest BCUT2D eigenvalue weighted by Crippen LogP contribution is 2.15. The van der Waals surface area contributed by atoms with E-state index in [9.17, 15) is 33.6 Å². The van der Waals surface area contributed by atoms with E-state index in [1.807, 2.05) is 0 Å². The molecule has 0 aliphatic heterocycles. The predicted octanol–water partition coefficient (Wildman–Crippen LogP) is -2.39. The number of carboxylic acids is 7. The van der Waals surface area contributed by atoms with Gasteiger partial charge >= 0.3 is 41.8 Å². The van der Waals surface area contributed by atoms with Crippen LogP contribution in [-0.4, -0.2) is 100 Å². The Morgan fingerprint density at radius 2 is 0.900 bits per heavy atom. The van der Waals surface area contributed by atoms with Gasteiger partial charge in [-0.05, 0) is 0 Å². The summed E-state index contributed by atoms with van der Waals surface area (Å²) in [5, 5.41) is 67.6. The molecule has 2 atom stereocenters. The SMILES string of the molecule is O=C(O)CC(O)(CC(=O)O)C(=O)O.O=C(O)CC(OC(CC(=O)O)C(=O)O)C(=O)O. The zero-order valence-corrected chi connectivity index (χ0v) is 14.8. The van der Waals surface area contributed by atoms with Crippen molar-refractivity contribution in [3.63, 3.8) is 0 Å². The molecule has 0 amide bonds. The maximum Gasteiger partial charge on any atom is 0.336 e. The van der Waals surface area contributed by atoms with E-state index in [2.05, 4.69) is 4.74 Å². The molecule has 16 nitrogen and oxygen atoms in total. The molecule has 0 saturated carbocycles. The van der Waals surface area contributed by atoms with E-state index >= 15 is 0 Å². The number of rotatable bonds is 13.